The third-order valence-corrected chi connectivity index (χ3v) is 4.05. The van der Waals surface area contributed by atoms with Crippen molar-refractivity contribution in [2.24, 2.45) is 0 Å². The molecular weight excluding hydrogens is 264 g/mol. The smallest absolute Gasteiger partial charge is 0.0971 e. The Bertz CT molecular complexity index is 413. The maximum Gasteiger partial charge on any atom is 0.0971 e. The van der Waals surface area contributed by atoms with Crippen LogP contribution in [-0.2, 0) is 22.6 Å². The van der Waals surface area contributed by atoms with Gasteiger partial charge in [0.05, 0.1) is 12.2 Å². The van der Waals surface area contributed by atoms with Crippen molar-refractivity contribution in [2.75, 3.05) is 33.9 Å². The normalized spacial score (nSPS) is 22.8. The van der Waals surface area contributed by atoms with Gasteiger partial charge in [0.1, 0.15) is 0 Å². The van der Waals surface area contributed by atoms with Gasteiger partial charge < -0.3 is 14.8 Å². The summed E-state index contributed by atoms with van der Waals surface area (Å²) in [7, 11) is 3.53. The van der Waals surface area contributed by atoms with Gasteiger partial charge in [-0.25, -0.2) is 0 Å². The van der Waals surface area contributed by atoms with E-state index in [-0.39, 0.29) is 12.2 Å². The molecule has 0 radical (unpaired) electrons. The van der Waals surface area contributed by atoms with Gasteiger partial charge in [0.25, 0.3) is 0 Å². The van der Waals surface area contributed by atoms with Crippen LogP contribution in [-0.4, -0.2) is 51.0 Å². The minimum Gasteiger partial charge on any atom is -0.377 e. The van der Waals surface area contributed by atoms with Crippen LogP contribution in [0.4, 0.5) is 0 Å². The molecule has 4 nitrogen and oxygen atoms in total. The minimum atomic E-state index is 0.185. The van der Waals surface area contributed by atoms with E-state index in [1.165, 1.54) is 17.5 Å². The molecule has 0 saturated carbocycles. The summed E-state index contributed by atoms with van der Waals surface area (Å²) < 4.78 is 11.0. The molecule has 0 spiro atoms. The predicted octanol–water partition coefficient (Wildman–Crippen LogP) is 2.03. The number of likely N-dealkylation sites (tertiary alicyclic amines) is 1. The van der Waals surface area contributed by atoms with E-state index in [0.29, 0.717) is 0 Å². The molecule has 1 saturated heterocycles. The van der Waals surface area contributed by atoms with Gasteiger partial charge in [0.2, 0.25) is 0 Å². The second-order valence-corrected chi connectivity index (χ2v) is 5.74. The van der Waals surface area contributed by atoms with E-state index in [2.05, 4.69) is 41.4 Å². The molecule has 2 atom stereocenters. The Morgan fingerprint density at radius 1 is 1.14 bits per heavy atom. The molecular formula is C17H28N2O2. The van der Waals surface area contributed by atoms with Crippen LogP contribution in [0.25, 0.3) is 0 Å². The molecule has 118 valence electrons. The van der Waals surface area contributed by atoms with Crippen molar-refractivity contribution in [3.63, 3.8) is 0 Å². The van der Waals surface area contributed by atoms with Crippen molar-refractivity contribution in [3.8, 4) is 0 Å². The molecule has 1 aliphatic heterocycles. The number of nitrogens with one attached hydrogen (secondary N) is 1. The van der Waals surface area contributed by atoms with Gasteiger partial charge in [-0.2, -0.15) is 0 Å². The molecule has 0 aliphatic carbocycles. The van der Waals surface area contributed by atoms with Crippen LogP contribution < -0.4 is 5.32 Å². The van der Waals surface area contributed by atoms with E-state index in [4.69, 9.17) is 9.47 Å². The van der Waals surface area contributed by atoms with E-state index < -0.39 is 0 Å². The highest BCUT2D eigenvalue weighted by molar-refractivity contribution is 5.23. The largest absolute Gasteiger partial charge is 0.377 e. The number of benzene rings is 1. The third kappa shape index (κ3) is 4.78. The van der Waals surface area contributed by atoms with Gasteiger partial charge in [-0.1, -0.05) is 31.2 Å². The number of methoxy groups -OCH3 is 2. The van der Waals surface area contributed by atoms with Crippen molar-refractivity contribution < 1.29 is 9.47 Å². The molecule has 1 aliphatic rings. The monoisotopic (exact) mass is 292 g/mol. The van der Waals surface area contributed by atoms with Crippen molar-refractivity contribution >= 4 is 0 Å². The fourth-order valence-electron chi connectivity index (χ4n) is 2.91. The predicted molar refractivity (Wildman–Crippen MR) is 85.3 cm³/mol. The zero-order valence-corrected chi connectivity index (χ0v) is 13.5. The first-order chi connectivity index (χ1) is 10.3. The zero-order valence-electron chi connectivity index (χ0n) is 13.5. The molecule has 1 aromatic carbocycles. The van der Waals surface area contributed by atoms with Crippen molar-refractivity contribution in [1.29, 1.82) is 0 Å². The van der Waals surface area contributed by atoms with Crippen LogP contribution in [0.15, 0.2) is 24.3 Å². The Kier molecular flexibility index (Phi) is 6.64. The highest BCUT2D eigenvalue weighted by Gasteiger charge is 2.32. The first-order valence-electron chi connectivity index (χ1n) is 7.83. The van der Waals surface area contributed by atoms with Crippen LogP contribution in [0, 0.1) is 0 Å². The molecule has 21 heavy (non-hydrogen) atoms. The molecule has 1 N–H and O–H groups in total. The lowest BCUT2D eigenvalue weighted by molar-refractivity contribution is -0.00461. The second kappa shape index (κ2) is 8.49. The highest BCUT2D eigenvalue weighted by atomic mass is 16.5. The van der Waals surface area contributed by atoms with Gasteiger partial charge in [0.15, 0.2) is 0 Å². The number of hydrogen-bond donors (Lipinski definition) is 1. The Labute approximate surface area is 128 Å². The van der Waals surface area contributed by atoms with Gasteiger partial charge in [0, 0.05) is 40.4 Å². The fraction of sp³-hybridized carbons (Fsp3) is 0.647. The Morgan fingerprint density at radius 3 is 2.43 bits per heavy atom. The van der Waals surface area contributed by atoms with Crippen molar-refractivity contribution in [3.05, 3.63) is 35.4 Å². The number of nitrogens with zero attached hydrogens (tertiary/aromatic N) is 1. The number of rotatable bonds is 8. The summed E-state index contributed by atoms with van der Waals surface area (Å²) in [6.45, 7) is 7.04. The molecule has 4 heteroatoms. The fourth-order valence-corrected chi connectivity index (χ4v) is 2.91. The Balaban J connectivity index is 1.89. The minimum absolute atomic E-state index is 0.185. The SMILES string of the molecule is CCCNCc1cccc(CN2CC(OC)C(OC)C2)c1. The van der Waals surface area contributed by atoms with Crippen LogP contribution in [0.5, 0.6) is 0 Å². The lowest BCUT2D eigenvalue weighted by Crippen LogP contribution is -2.27. The molecule has 1 aromatic rings. The lowest BCUT2D eigenvalue weighted by Gasteiger charge is -2.16. The lowest BCUT2D eigenvalue weighted by atomic mass is 10.1. The molecule has 2 rings (SSSR count). The quantitative estimate of drug-likeness (QED) is 0.743. The highest BCUT2D eigenvalue weighted by Crippen LogP contribution is 2.18. The Morgan fingerprint density at radius 2 is 1.81 bits per heavy atom. The van der Waals surface area contributed by atoms with Gasteiger partial charge >= 0.3 is 0 Å². The van der Waals surface area contributed by atoms with E-state index in [1.807, 2.05) is 0 Å². The summed E-state index contributed by atoms with van der Waals surface area (Å²) in [4.78, 5) is 2.40. The maximum absolute atomic E-state index is 5.50. The standard InChI is InChI=1S/C17H28N2O2/c1-4-8-18-10-14-6-5-7-15(9-14)11-19-12-16(20-2)17(13-19)21-3/h5-7,9,16-18H,4,8,10-13H2,1-3H3. The average molecular weight is 292 g/mol. The summed E-state index contributed by atoms with van der Waals surface area (Å²) in [5.74, 6) is 0. The van der Waals surface area contributed by atoms with Crippen LogP contribution in [0.2, 0.25) is 0 Å². The summed E-state index contributed by atoms with van der Waals surface area (Å²) in [6, 6.07) is 8.83. The maximum atomic E-state index is 5.50. The topological polar surface area (TPSA) is 33.7 Å². The summed E-state index contributed by atoms with van der Waals surface area (Å²) in [5, 5.41) is 3.45. The van der Waals surface area contributed by atoms with E-state index in [9.17, 15) is 0 Å². The first kappa shape index (κ1) is 16.4. The Hall–Kier alpha value is -0.940. The number of hydrogen-bond acceptors (Lipinski definition) is 4. The third-order valence-electron chi connectivity index (χ3n) is 4.05. The molecule has 1 fully saturated rings. The molecule has 0 bridgehead atoms. The second-order valence-electron chi connectivity index (χ2n) is 5.74. The average Bonchev–Trinajstić information content (AvgIpc) is 2.90. The summed E-state index contributed by atoms with van der Waals surface area (Å²) >= 11 is 0. The van der Waals surface area contributed by atoms with E-state index in [0.717, 1.165) is 32.7 Å². The van der Waals surface area contributed by atoms with Crippen molar-refractivity contribution in [1.82, 2.24) is 10.2 Å². The van der Waals surface area contributed by atoms with Crippen LogP contribution in [0.3, 0.4) is 0 Å². The molecule has 1 heterocycles. The van der Waals surface area contributed by atoms with Crippen LogP contribution in [0.1, 0.15) is 24.5 Å². The molecule has 2 unspecified atom stereocenters. The first-order valence-corrected chi connectivity index (χ1v) is 7.83. The number of ether oxygens (including phenoxy) is 2. The van der Waals surface area contributed by atoms with Crippen LogP contribution >= 0.6 is 0 Å². The van der Waals surface area contributed by atoms with Crippen molar-refractivity contribution in [2.45, 2.75) is 38.6 Å². The molecule has 0 amide bonds. The molecule has 0 aromatic heterocycles. The van der Waals surface area contributed by atoms with Gasteiger partial charge in [-0.15, -0.1) is 0 Å². The zero-order chi connectivity index (χ0) is 15.1. The van der Waals surface area contributed by atoms with Gasteiger partial charge in [-0.05, 0) is 24.1 Å². The summed E-state index contributed by atoms with van der Waals surface area (Å²) in [5.41, 5.74) is 2.71. The van der Waals surface area contributed by atoms with E-state index in [1.54, 1.807) is 14.2 Å². The summed E-state index contributed by atoms with van der Waals surface area (Å²) in [6.07, 6.45) is 1.54. The van der Waals surface area contributed by atoms with E-state index >= 15 is 0 Å². The van der Waals surface area contributed by atoms with Gasteiger partial charge in [-0.3, -0.25) is 4.90 Å².